The molecule has 0 radical (unpaired) electrons. The van der Waals surface area contributed by atoms with E-state index in [0.29, 0.717) is 12.4 Å². The van der Waals surface area contributed by atoms with Gasteiger partial charge in [0, 0.05) is 33.7 Å². The van der Waals surface area contributed by atoms with Gasteiger partial charge in [0.25, 0.3) is 5.56 Å². The van der Waals surface area contributed by atoms with Gasteiger partial charge in [0.15, 0.2) is 5.56 Å². The van der Waals surface area contributed by atoms with Crippen molar-refractivity contribution in [2.24, 2.45) is 14.1 Å². The molecule has 0 amide bonds. The molecule has 1 aromatic rings. The van der Waals surface area contributed by atoms with Gasteiger partial charge in [-0.25, -0.2) is 4.79 Å². The molecular formula is C15H23N5O3. The first-order chi connectivity index (χ1) is 11.1. The molecule has 2 rings (SSSR count). The van der Waals surface area contributed by atoms with Gasteiger partial charge >= 0.3 is 5.69 Å². The number of nitrogens with one attached hydrogen (secondary N) is 1. The number of hydrogen-bond acceptors (Lipinski definition) is 6. The van der Waals surface area contributed by atoms with Crippen LogP contribution in [-0.2, 0) is 18.8 Å². The summed E-state index contributed by atoms with van der Waals surface area (Å²) in [6, 6.07) is 1.89. The molecule has 0 bridgehead atoms. The van der Waals surface area contributed by atoms with Gasteiger partial charge in [-0.15, -0.1) is 0 Å². The predicted molar refractivity (Wildman–Crippen MR) is 86.6 cm³/mol. The standard InChI is InChI=1S/C15H23N5O3/c1-18-13(12(11-16)14(21)19(2)15(18)22)17-5-3-4-6-20-7-9-23-10-8-20/h17H,3-10H2,1-2H3. The molecule has 1 aliphatic heterocycles. The lowest BCUT2D eigenvalue weighted by atomic mass is 10.2. The zero-order valence-electron chi connectivity index (χ0n) is 13.7. The van der Waals surface area contributed by atoms with E-state index in [0.717, 1.165) is 50.3 Å². The molecule has 126 valence electrons. The van der Waals surface area contributed by atoms with Crippen molar-refractivity contribution in [1.82, 2.24) is 14.0 Å². The van der Waals surface area contributed by atoms with Crippen molar-refractivity contribution in [2.75, 3.05) is 44.7 Å². The maximum atomic E-state index is 12.0. The van der Waals surface area contributed by atoms with Gasteiger partial charge in [-0.3, -0.25) is 18.8 Å². The zero-order chi connectivity index (χ0) is 16.8. The van der Waals surface area contributed by atoms with Crippen LogP contribution in [0.15, 0.2) is 9.59 Å². The first-order valence-corrected chi connectivity index (χ1v) is 7.80. The quantitative estimate of drug-likeness (QED) is 0.709. The Morgan fingerprint density at radius 2 is 1.87 bits per heavy atom. The highest BCUT2D eigenvalue weighted by Crippen LogP contribution is 2.07. The minimum atomic E-state index is -0.564. The van der Waals surface area contributed by atoms with Crippen molar-refractivity contribution in [3.8, 4) is 6.07 Å². The van der Waals surface area contributed by atoms with Crippen LogP contribution in [0.5, 0.6) is 0 Å². The highest BCUT2D eigenvalue weighted by molar-refractivity contribution is 5.51. The van der Waals surface area contributed by atoms with Gasteiger partial charge in [0.05, 0.1) is 13.2 Å². The van der Waals surface area contributed by atoms with Crippen LogP contribution in [0.2, 0.25) is 0 Å². The molecular weight excluding hydrogens is 298 g/mol. The Bertz CT molecular complexity index is 695. The van der Waals surface area contributed by atoms with Crippen molar-refractivity contribution in [3.05, 3.63) is 26.4 Å². The molecule has 1 aromatic heterocycles. The molecule has 0 aromatic carbocycles. The fourth-order valence-electron chi connectivity index (χ4n) is 2.64. The summed E-state index contributed by atoms with van der Waals surface area (Å²) < 4.78 is 7.56. The average Bonchev–Trinajstić information content (AvgIpc) is 2.58. The third-order valence-electron chi connectivity index (χ3n) is 4.07. The second kappa shape index (κ2) is 7.94. The van der Waals surface area contributed by atoms with Crippen LogP contribution in [0.25, 0.3) is 0 Å². The Balaban J connectivity index is 1.92. The number of anilines is 1. The highest BCUT2D eigenvalue weighted by atomic mass is 16.5. The molecule has 0 saturated carbocycles. The Labute approximate surface area is 134 Å². The van der Waals surface area contributed by atoms with Crippen LogP contribution in [-0.4, -0.2) is 53.4 Å². The molecule has 0 aliphatic carbocycles. The molecule has 2 heterocycles. The average molecular weight is 321 g/mol. The van der Waals surface area contributed by atoms with Gasteiger partial charge < -0.3 is 10.1 Å². The number of nitrogens with zero attached hydrogens (tertiary/aromatic N) is 4. The number of unbranched alkanes of at least 4 members (excludes halogenated alkanes) is 1. The number of hydrogen-bond donors (Lipinski definition) is 1. The van der Waals surface area contributed by atoms with Gasteiger partial charge in [0.2, 0.25) is 0 Å². The first-order valence-electron chi connectivity index (χ1n) is 7.80. The lowest BCUT2D eigenvalue weighted by molar-refractivity contribution is 0.0373. The largest absolute Gasteiger partial charge is 0.379 e. The minimum Gasteiger partial charge on any atom is -0.379 e. The van der Waals surface area contributed by atoms with Crippen LogP contribution in [0.3, 0.4) is 0 Å². The number of rotatable bonds is 6. The van der Waals surface area contributed by atoms with Crippen molar-refractivity contribution in [2.45, 2.75) is 12.8 Å². The minimum absolute atomic E-state index is 0.0252. The summed E-state index contributed by atoms with van der Waals surface area (Å²) in [5.74, 6) is 0.298. The van der Waals surface area contributed by atoms with Crippen molar-refractivity contribution in [3.63, 3.8) is 0 Å². The van der Waals surface area contributed by atoms with Gasteiger partial charge in [-0.1, -0.05) is 0 Å². The number of ether oxygens (including phenoxy) is 1. The van der Waals surface area contributed by atoms with Crippen LogP contribution < -0.4 is 16.6 Å². The van der Waals surface area contributed by atoms with Crippen LogP contribution in [0.4, 0.5) is 5.82 Å². The normalized spacial score (nSPS) is 15.3. The predicted octanol–water partition coefficient (Wildman–Crippen LogP) is -0.520. The molecule has 0 atom stereocenters. The summed E-state index contributed by atoms with van der Waals surface area (Å²) >= 11 is 0. The Morgan fingerprint density at radius 1 is 1.17 bits per heavy atom. The molecule has 0 unspecified atom stereocenters. The van der Waals surface area contributed by atoms with Crippen molar-refractivity contribution in [1.29, 1.82) is 5.26 Å². The Kier molecular flexibility index (Phi) is 5.96. The fraction of sp³-hybridized carbons (Fsp3) is 0.667. The molecule has 23 heavy (non-hydrogen) atoms. The maximum absolute atomic E-state index is 12.0. The van der Waals surface area contributed by atoms with Crippen molar-refractivity contribution >= 4 is 5.82 Å². The third-order valence-corrected chi connectivity index (χ3v) is 4.07. The first kappa shape index (κ1) is 17.2. The second-order valence-corrected chi connectivity index (χ2v) is 5.63. The highest BCUT2D eigenvalue weighted by Gasteiger charge is 2.15. The van der Waals surface area contributed by atoms with Crippen LogP contribution in [0.1, 0.15) is 18.4 Å². The molecule has 0 spiro atoms. The summed E-state index contributed by atoms with van der Waals surface area (Å²) in [7, 11) is 2.93. The third kappa shape index (κ3) is 4.00. The lowest BCUT2D eigenvalue weighted by Gasteiger charge is -2.26. The lowest BCUT2D eigenvalue weighted by Crippen LogP contribution is -2.40. The topological polar surface area (TPSA) is 92.3 Å². The number of morpholine rings is 1. The van der Waals surface area contributed by atoms with Gasteiger partial charge in [0.1, 0.15) is 11.9 Å². The number of aromatic nitrogens is 2. The van der Waals surface area contributed by atoms with E-state index in [-0.39, 0.29) is 5.56 Å². The van der Waals surface area contributed by atoms with E-state index >= 15 is 0 Å². The Hall–Kier alpha value is -2.11. The number of nitriles is 1. The van der Waals surface area contributed by atoms with E-state index in [1.54, 1.807) is 7.05 Å². The molecule has 1 N–H and O–H groups in total. The van der Waals surface area contributed by atoms with E-state index in [2.05, 4.69) is 10.2 Å². The van der Waals surface area contributed by atoms with E-state index < -0.39 is 11.2 Å². The summed E-state index contributed by atoms with van der Waals surface area (Å²) in [4.78, 5) is 26.2. The van der Waals surface area contributed by atoms with E-state index in [1.165, 1.54) is 11.6 Å². The van der Waals surface area contributed by atoms with Crippen LogP contribution in [0, 0.1) is 11.3 Å². The molecule has 8 heteroatoms. The van der Waals surface area contributed by atoms with E-state index in [9.17, 15) is 14.9 Å². The van der Waals surface area contributed by atoms with E-state index in [4.69, 9.17) is 4.74 Å². The maximum Gasteiger partial charge on any atom is 0.332 e. The molecule has 1 saturated heterocycles. The van der Waals surface area contributed by atoms with Gasteiger partial charge in [-0.2, -0.15) is 5.26 Å². The fourth-order valence-corrected chi connectivity index (χ4v) is 2.64. The van der Waals surface area contributed by atoms with Crippen LogP contribution >= 0.6 is 0 Å². The van der Waals surface area contributed by atoms with Crippen molar-refractivity contribution < 1.29 is 4.74 Å². The smallest absolute Gasteiger partial charge is 0.332 e. The molecule has 1 aliphatic rings. The van der Waals surface area contributed by atoms with E-state index in [1.807, 2.05) is 6.07 Å². The second-order valence-electron chi connectivity index (χ2n) is 5.63. The Morgan fingerprint density at radius 3 is 2.52 bits per heavy atom. The monoisotopic (exact) mass is 321 g/mol. The summed E-state index contributed by atoms with van der Waals surface area (Å²) in [5.41, 5.74) is -1.03. The molecule has 1 fully saturated rings. The summed E-state index contributed by atoms with van der Waals surface area (Å²) in [5, 5.41) is 12.2. The zero-order valence-corrected chi connectivity index (χ0v) is 13.7. The summed E-state index contributed by atoms with van der Waals surface area (Å²) in [6.45, 7) is 5.13. The molecule has 8 nitrogen and oxygen atoms in total. The summed E-state index contributed by atoms with van der Waals surface area (Å²) in [6.07, 6.45) is 1.90. The SMILES string of the molecule is Cn1c(NCCCCN2CCOCC2)c(C#N)c(=O)n(C)c1=O. The van der Waals surface area contributed by atoms with Gasteiger partial charge in [-0.05, 0) is 19.4 Å².